The summed E-state index contributed by atoms with van der Waals surface area (Å²) in [4.78, 5) is 97.1. The third kappa shape index (κ3) is 27.9. The number of hydrogen-bond acceptors (Lipinski definition) is 34. The molecule has 15 heterocycles. The number of benzene rings is 3. The third-order valence-corrected chi connectivity index (χ3v) is 24.9. The van der Waals surface area contributed by atoms with Crippen LogP contribution >= 0.6 is 58.0 Å². The highest BCUT2D eigenvalue weighted by Crippen LogP contribution is 2.43. The van der Waals surface area contributed by atoms with Crippen molar-refractivity contribution in [3.8, 4) is 45.8 Å². The van der Waals surface area contributed by atoms with E-state index in [0.717, 1.165) is 185 Å². The number of anilines is 8. The Kier molecular flexibility index (Phi) is 37.2. The number of methoxy groups -OCH3 is 5. The summed E-state index contributed by atoms with van der Waals surface area (Å²) < 4.78 is 48.8. The number of nitrogen functional groups attached to an aromatic ring is 1. The van der Waals surface area contributed by atoms with Crippen molar-refractivity contribution in [3.63, 3.8) is 0 Å². The molecule has 10 aromatic rings. The van der Waals surface area contributed by atoms with E-state index in [4.69, 9.17) is 127 Å². The van der Waals surface area contributed by atoms with Crippen LogP contribution in [0.3, 0.4) is 0 Å². The first-order chi connectivity index (χ1) is 67.2. The number of aryl methyl sites for hydroxylation is 2. The van der Waals surface area contributed by atoms with Crippen LogP contribution in [0, 0.1) is 27.7 Å². The number of hydrogen-bond donors (Lipinski definition) is 9. The summed E-state index contributed by atoms with van der Waals surface area (Å²) in [5.41, 5.74) is 18.0. The summed E-state index contributed by atoms with van der Waals surface area (Å²) in [5.74, 6) is 8.38. The topological polar surface area (TPSA) is 456 Å². The highest BCUT2D eigenvalue weighted by Gasteiger charge is 2.40. The molecule has 3 amide bonds. The standard InChI is InChI=1S/C28H37N7O4.C23H29N7O2.C16H23ClN4O3.C12H15N3O3.C11H13Cl2N3O2.C5H11NO.CH2Cl2/c1-17-10-20(11-23(38-6)18(17)2)34-14-24(29-16-34)31-26-30-22-13-33(27(37)39-28(3,4)5)12-21(22)25(32-26)35-9-7-8-19(35)15-36;1-14-7-17(8-20(32-3)15(14)2)29-11-21(25-13-29)27-23-26-19-10-24-9-18(19)22(28-23)30-6-4-5-16(30)12-31;1-16(2,3)24-15(23)20-7-11-12(8-20)18-14(17)19-13(11)21-6-4-5-10(21)9-22;1-16-9-4-8(15-6-11(13)14-7-15)5-10(17-2)12(9)18-3;1-11(2,3)18-10(17)16-4-6-7(5-16)14-9(13)15-8(6)12;7-4-5-2-1-3-6-5;2-1-3/h10-11,14,16,19,36H,7-9,12-13,15H2,1-6H3,(H,30,31,32);7-8,11,13,16,24,31H,4-6,9-10,12H2,1-3H3,(H,26,27,28);10,22H,4-9H2,1-3H3;4-7H,13H2,1-3H3;4-5H2,1-3H3;5-7H,1-4H2;1H2/t19-;16-;10-;;;5-;/m111..1./s1. The molecule has 4 saturated heterocycles. The molecule has 141 heavy (non-hydrogen) atoms. The predicted molar refractivity (Wildman–Crippen MR) is 541 cm³/mol. The van der Waals surface area contributed by atoms with Gasteiger partial charge in [0.15, 0.2) is 23.1 Å². The van der Waals surface area contributed by atoms with Crippen molar-refractivity contribution in [2.24, 2.45) is 0 Å². The normalized spacial score (nSPS) is 17.0. The highest BCUT2D eigenvalue weighted by atomic mass is 35.5. The molecule has 0 saturated carbocycles. The zero-order chi connectivity index (χ0) is 102. The molecule has 45 heteroatoms. The molecule has 8 aliphatic heterocycles. The van der Waals surface area contributed by atoms with Gasteiger partial charge in [-0.25, -0.2) is 59.2 Å². The first kappa shape index (κ1) is 108. The number of fused-ring (bicyclic) bond motifs is 4. The average molecular weight is 2050 g/mol. The predicted octanol–water partition coefficient (Wildman–Crippen LogP) is 14.8. The summed E-state index contributed by atoms with van der Waals surface area (Å²) >= 11 is 27.3. The third-order valence-electron chi connectivity index (χ3n) is 24.2. The lowest BCUT2D eigenvalue weighted by Crippen LogP contribution is -2.35. The molecule has 0 aliphatic carbocycles. The van der Waals surface area contributed by atoms with E-state index in [1.807, 2.05) is 115 Å². The van der Waals surface area contributed by atoms with Gasteiger partial charge in [0.1, 0.15) is 75.7 Å². The van der Waals surface area contributed by atoms with Crippen molar-refractivity contribution in [3.05, 3.63) is 157 Å². The van der Waals surface area contributed by atoms with E-state index in [1.54, 1.807) is 75.1 Å². The minimum absolute atomic E-state index is 0.0219. The second kappa shape index (κ2) is 48.5. The van der Waals surface area contributed by atoms with Gasteiger partial charge in [0, 0.05) is 85.3 Å². The fourth-order valence-electron chi connectivity index (χ4n) is 17.1. The Hall–Kier alpha value is -11.6. The maximum absolute atomic E-state index is 12.9. The second-order valence-electron chi connectivity index (χ2n) is 37.6. The fourth-order valence-corrected chi connectivity index (χ4v) is 17.8. The van der Waals surface area contributed by atoms with Crippen LogP contribution in [0.1, 0.15) is 181 Å². The highest BCUT2D eigenvalue weighted by molar-refractivity contribution is 6.40. The first-order valence-corrected chi connectivity index (χ1v) is 48.7. The van der Waals surface area contributed by atoms with Gasteiger partial charge in [-0.3, -0.25) is 14.7 Å². The number of nitrogens with zero attached hydrogens (tertiary/aromatic N) is 20. The van der Waals surface area contributed by atoms with Gasteiger partial charge in [0.25, 0.3) is 0 Å². The number of imidazole rings is 3. The van der Waals surface area contributed by atoms with E-state index >= 15 is 0 Å². The van der Waals surface area contributed by atoms with Crippen LogP contribution in [-0.4, -0.2) is 256 Å². The molecule has 7 aromatic heterocycles. The van der Waals surface area contributed by atoms with Crippen LogP contribution in [0.2, 0.25) is 15.7 Å². The SMILES string of the molecule is CC(C)(C)OC(=O)N1Cc2nc(Cl)nc(Cl)c2C1.CC(C)(C)OC(=O)N1Cc2nc(Cl)nc(N3CCC[C@@H]3CO)c2C1.COc1cc(-n2cnc(N)c2)cc(OC)c1OC.COc1cc(-n2cnc(Nc3nc4c(c(N5CCC[C@@H]5CO)n3)CN(C(=O)OC(C)(C)C)C4)c2)cc(C)c1C.COc1cc(-n2cnc(Nc3nc4c(c(N5CCC[C@@H]5CO)n3)CNC4)c2)cc(C)c1C.ClCCl.OC[C@H]1CCCN1. The molecular formula is C96H130Cl5N25O15. The summed E-state index contributed by atoms with van der Waals surface area (Å²) in [6, 6.07) is 12.4. The Bertz CT molecular complexity index is 5940. The monoisotopic (exact) mass is 2050 g/mol. The molecule has 8 aliphatic rings. The second-order valence-corrected chi connectivity index (χ2v) is 39.4. The number of rotatable bonds is 19. The molecular weight excluding hydrogens is 1920 g/mol. The van der Waals surface area contributed by atoms with E-state index in [9.17, 15) is 29.7 Å². The molecule has 764 valence electrons. The summed E-state index contributed by atoms with van der Waals surface area (Å²) in [6.07, 6.45) is 17.7. The average Bonchev–Trinajstić information content (AvgIpc) is 1.61. The summed E-state index contributed by atoms with van der Waals surface area (Å²) in [6.45, 7) is 32.5. The quantitative estimate of drug-likeness (QED) is 0.0157. The number of ether oxygens (including phenoxy) is 8. The lowest BCUT2D eigenvalue weighted by molar-refractivity contribution is 0.0231. The Morgan fingerprint density at radius 3 is 1.22 bits per heavy atom. The number of nitrogens with one attached hydrogen (secondary N) is 4. The summed E-state index contributed by atoms with van der Waals surface area (Å²) in [5, 5.41) is 51.7. The first-order valence-electron chi connectivity index (χ1n) is 46.5. The van der Waals surface area contributed by atoms with E-state index in [1.165, 1.54) is 11.3 Å². The molecule has 0 radical (unpaired) electrons. The number of aliphatic hydroxyl groups is 4. The lowest BCUT2D eigenvalue weighted by atomic mass is 10.1. The van der Waals surface area contributed by atoms with E-state index in [-0.39, 0.29) is 71.2 Å². The van der Waals surface area contributed by atoms with Crippen LogP contribution in [0.25, 0.3) is 17.1 Å². The number of carbonyl (C=O) groups is 3. The molecule has 4 fully saturated rings. The van der Waals surface area contributed by atoms with Gasteiger partial charge in [-0.1, -0.05) is 11.6 Å². The molecule has 18 rings (SSSR count). The van der Waals surface area contributed by atoms with Crippen molar-refractivity contribution in [1.29, 1.82) is 0 Å². The number of aromatic nitrogens is 14. The number of amides is 3. The van der Waals surface area contributed by atoms with E-state index < -0.39 is 22.9 Å². The van der Waals surface area contributed by atoms with Crippen LogP contribution in [0.4, 0.5) is 61.2 Å². The van der Waals surface area contributed by atoms with Gasteiger partial charge >= 0.3 is 18.3 Å². The molecule has 0 unspecified atom stereocenters. The van der Waals surface area contributed by atoms with Crippen molar-refractivity contribution < 1.29 is 72.7 Å². The van der Waals surface area contributed by atoms with Crippen molar-refractivity contribution >= 4 is 123 Å². The van der Waals surface area contributed by atoms with Gasteiger partial charge in [-0.2, -0.15) is 9.97 Å². The maximum atomic E-state index is 12.9. The minimum Gasteiger partial charge on any atom is -0.496 e. The van der Waals surface area contributed by atoms with Crippen LogP contribution < -0.4 is 65.4 Å². The van der Waals surface area contributed by atoms with Crippen molar-refractivity contribution in [2.45, 2.75) is 235 Å². The van der Waals surface area contributed by atoms with Crippen LogP contribution in [-0.2, 0) is 66.6 Å². The molecule has 3 aromatic carbocycles. The van der Waals surface area contributed by atoms with Gasteiger partial charge < -0.3 is 114 Å². The van der Waals surface area contributed by atoms with E-state index in [0.29, 0.717) is 111 Å². The Labute approximate surface area is 846 Å². The van der Waals surface area contributed by atoms with Gasteiger partial charge in [0.2, 0.25) is 28.2 Å². The Morgan fingerprint density at radius 1 is 0.447 bits per heavy atom. The van der Waals surface area contributed by atoms with E-state index in [2.05, 4.69) is 104 Å². The molecule has 0 bridgehead atoms. The zero-order valence-electron chi connectivity index (χ0n) is 83.1. The zero-order valence-corrected chi connectivity index (χ0v) is 86.9. The van der Waals surface area contributed by atoms with Gasteiger partial charge in [-0.15, -0.1) is 23.2 Å². The molecule has 10 N–H and O–H groups in total. The number of nitrogens with two attached hydrogens (primary N) is 1. The summed E-state index contributed by atoms with van der Waals surface area (Å²) in [7, 11) is 8.06. The number of aliphatic hydroxyl groups excluding tert-OH is 4. The smallest absolute Gasteiger partial charge is 0.410 e. The van der Waals surface area contributed by atoms with Crippen LogP contribution in [0.5, 0.6) is 28.7 Å². The molecule has 0 spiro atoms. The van der Waals surface area contributed by atoms with Crippen molar-refractivity contribution in [1.82, 2.24) is 93.9 Å². The lowest BCUT2D eigenvalue weighted by Gasteiger charge is -2.27. The number of carbonyl (C=O) groups excluding carboxylic acids is 3. The number of alkyl halides is 2. The van der Waals surface area contributed by atoms with Crippen molar-refractivity contribution in [2.75, 3.05) is 125 Å². The van der Waals surface area contributed by atoms with Gasteiger partial charge in [0.05, 0.1) is 183 Å². The Balaban J connectivity index is 0.000000158. The van der Waals surface area contributed by atoms with Crippen LogP contribution in [0.15, 0.2) is 74.0 Å². The number of halogens is 5. The van der Waals surface area contributed by atoms with Gasteiger partial charge in [-0.05, 0) is 206 Å². The largest absolute Gasteiger partial charge is 0.496 e. The fraction of sp³-hybridized carbons (Fsp3) is 0.521. The molecule has 4 atom stereocenters. The molecule has 40 nitrogen and oxygen atoms in total. The Morgan fingerprint density at radius 2 is 0.830 bits per heavy atom. The maximum Gasteiger partial charge on any atom is 0.410 e. The minimum atomic E-state index is -0.594.